The van der Waals surface area contributed by atoms with Crippen LogP contribution in [0, 0.1) is 0 Å². The summed E-state index contributed by atoms with van der Waals surface area (Å²) in [5, 5.41) is 3.68. The summed E-state index contributed by atoms with van der Waals surface area (Å²) in [6.07, 6.45) is 5.21. The van der Waals surface area contributed by atoms with Crippen LogP contribution in [0.25, 0.3) is 0 Å². The van der Waals surface area contributed by atoms with Gasteiger partial charge in [0.25, 0.3) is 0 Å². The number of fused-ring (bicyclic) bond motifs is 1. The molecule has 1 aromatic carbocycles. The molecule has 0 saturated heterocycles. The van der Waals surface area contributed by atoms with Crippen molar-refractivity contribution in [2.45, 2.75) is 31.2 Å². The summed E-state index contributed by atoms with van der Waals surface area (Å²) < 4.78 is 0. The van der Waals surface area contributed by atoms with Gasteiger partial charge in [-0.15, -0.1) is 0 Å². The monoisotopic (exact) mass is 173 g/mol. The van der Waals surface area contributed by atoms with Gasteiger partial charge in [-0.05, 0) is 43.4 Å². The zero-order chi connectivity index (χ0) is 8.73. The highest BCUT2D eigenvalue weighted by Crippen LogP contribution is 2.40. The summed E-state index contributed by atoms with van der Waals surface area (Å²) in [5.74, 6) is 0. The van der Waals surface area contributed by atoms with Crippen LogP contribution in [-0.4, -0.2) is 12.1 Å². The Morgan fingerprint density at radius 1 is 1.08 bits per heavy atom. The fourth-order valence-corrected chi connectivity index (χ4v) is 2.37. The Hall–Kier alpha value is -0.820. The fourth-order valence-electron chi connectivity index (χ4n) is 2.37. The van der Waals surface area contributed by atoms with Crippen molar-refractivity contribution >= 4 is 0 Å². The maximum absolute atomic E-state index is 3.68. The van der Waals surface area contributed by atoms with Gasteiger partial charge in [-0.25, -0.2) is 0 Å². The first kappa shape index (κ1) is 7.57. The largest absolute Gasteiger partial charge is 0.311 e. The average molecular weight is 173 g/mol. The lowest BCUT2D eigenvalue weighted by molar-refractivity contribution is 0.514. The fraction of sp³-hybridized carbons (Fsp3) is 0.500. The molecule has 0 radical (unpaired) electrons. The van der Waals surface area contributed by atoms with Crippen LogP contribution in [0.3, 0.4) is 0 Å². The summed E-state index contributed by atoms with van der Waals surface area (Å²) in [6.45, 7) is 1.16. The molecule has 1 aliphatic heterocycles. The van der Waals surface area contributed by atoms with E-state index in [0.29, 0.717) is 5.54 Å². The molecule has 1 fully saturated rings. The van der Waals surface area contributed by atoms with Crippen molar-refractivity contribution in [3.05, 3.63) is 35.4 Å². The maximum atomic E-state index is 3.68. The third kappa shape index (κ3) is 1.28. The first-order chi connectivity index (χ1) is 6.38. The zero-order valence-corrected chi connectivity index (χ0v) is 7.84. The third-order valence-electron chi connectivity index (χ3n) is 3.40. The molecule has 13 heavy (non-hydrogen) atoms. The summed E-state index contributed by atoms with van der Waals surface area (Å²) in [4.78, 5) is 0. The van der Waals surface area contributed by atoms with Gasteiger partial charge < -0.3 is 5.32 Å². The van der Waals surface area contributed by atoms with E-state index in [-0.39, 0.29) is 0 Å². The van der Waals surface area contributed by atoms with Crippen molar-refractivity contribution in [3.8, 4) is 0 Å². The van der Waals surface area contributed by atoms with Crippen molar-refractivity contribution in [2.75, 3.05) is 6.54 Å². The molecule has 1 N–H and O–H groups in total. The van der Waals surface area contributed by atoms with E-state index >= 15 is 0 Å². The van der Waals surface area contributed by atoms with Crippen LogP contribution in [0.15, 0.2) is 24.3 Å². The summed E-state index contributed by atoms with van der Waals surface area (Å²) in [7, 11) is 0. The predicted molar refractivity (Wildman–Crippen MR) is 53.8 cm³/mol. The lowest BCUT2D eigenvalue weighted by atomic mass is 10.00. The molecule has 1 heteroatoms. The van der Waals surface area contributed by atoms with Crippen molar-refractivity contribution in [2.24, 2.45) is 0 Å². The number of benzene rings is 1. The quantitative estimate of drug-likeness (QED) is 0.632. The minimum absolute atomic E-state index is 0.507. The van der Waals surface area contributed by atoms with Crippen LogP contribution in [0.5, 0.6) is 0 Å². The average Bonchev–Trinajstić information content (AvgIpc) is 2.92. The van der Waals surface area contributed by atoms with Gasteiger partial charge in [0.05, 0.1) is 0 Å². The highest BCUT2D eigenvalue weighted by molar-refractivity contribution is 5.32. The topological polar surface area (TPSA) is 12.0 Å². The standard InChI is InChI=1S/C12H15N/c1-2-4-11-9-12(6-7-12)13-8-5-10(11)3-1/h1-4,13H,5-9H2. The molecule has 0 bridgehead atoms. The van der Waals surface area contributed by atoms with Gasteiger partial charge in [-0.2, -0.15) is 0 Å². The van der Waals surface area contributed by atoms with E-state index in [9.17, 15) is 0 Å². The van der Waals surface area contributed by atoms with Crippen molar-refractivity contribution in [1.29, 1.82) is 0 Å². The maximum Gasteiger partial charge on any atom is 0.0223 e. The highest BCUT2D eigenvalue weighted by atomic mass is 15.0. The number of rotatable bonds is 0. The Bertz CT molecular complexity index is 326. The molecule has 0 amide bonds. The second-order valence-electron chi connectivity index (χ2n) is 4.40. The van der Waals surface area contributed by atoms with Gasteiger partial charge in [0.15, 0.2) is 0 Å². The van der Waals surface area contributed by atoms with E-state index in [1.807, 2.05) is 0 Å². The molecule has 1 nitrogen and oxygen atoms in total. The van der Waals surface area contributed by atoms with E-state index in [1.54, 1.807) is 11.1 Å². The zero-order valence-electron chi connectivity index (χ0n) is 7.84. The molecule has 0 unspecified atom stereocenters. The SMILES string of the molecule is c1ccc2c(c1)CCNC1(CC1)C2. The second kappa shape index (κ2) is 2.58. The molecule has 2 aliphatic rings. The minimum Gasteiger partial charge on any atom is -0.311 e. The molecule has 1 saturated carbocycles. The first-order valence-corrected chi connectivity index (χ1v) is 5.20. The lowest BCUT2D eigenvalue weighted by Gasteiger charge is -2.13. The van der Waals surface area contributed by atoms with Crippen LogP contribution in [-0.2, 0) is 12.8 Å². The van der Waals surface area contributed by atoms with Crippen LogP contribution >= 0.6 is 0 Å². The van der Waals surface area contributed by atoms with Gasteiger partial charge in [0, 0.05) is 5.54 Å². The molecule has 1 aromatic rings. The first-order valence-electron chi connectivity index (χ1n) is 5.20. The van der Waals surface area contributed by atoms with Crippen molar-refractivity contribution < 1.29 is 0 Å². The summed E-state index contributed by atoms with van der Waals surface area (Å²) in [6, 6.07) is 8.89. The Balaban J connectivity index is 1.99. The third-order valence-corrected chi connectivity index (χ3v) is 3.40. The van der Waals surface area contributed by atoms with E-state index < -0.39 is 0 Å². The van der Waals surface area contributed by atoms with Crippen LogP contribution < -0.4 is 5.32 Å². The van der Waals surface area contributed by atoms with Crippen LogP contribution in [0.4, 0.5) is 0 Å². The molecule has 1 heterocycles. The number of hydrogen-bond acceptors (Lipinski definition) is 1. The minimum atomic E-state index is 0.507. The molecular formula is C12H15N. The molecule has 1 spiro atoms. The van der Waals surface area contributed by atoms with Gasteiger partial charge >= 0.3 is 0 Å². The van der Waals surface area contributed by atoms with E-state index in [2.05, 4.69) is 29.6 Å². The Morgan fingerprint density at radius 3 is 2.62 bits per heavy atom. The van der Waals surface area contributed by atoms with Gasteiger partial charge in [-0.1, -0.05) is 24.3 Å². The molecule has 0 aromatic heterocycles. The Kier molecular flexibility index (Phi) is 1.50. The van der Waals surface area contributed by atoms with Gasteiger partial charge in [-0.3, -0.25) is 0 Å². The Labute approximate surface area is 79.2 Å². The lowest BCUT2D eigenvalue weighted by Crippen LogP contribution is -2.32. The van der Waals surface area contributed by atoms with E-state index in [0.717, 1.165) is 6.54 Å². The smallest absolute Gasteiger partial charge is 0.0223 e. The Morgan fingerprint density at radius 2 is 1.85 bits per heavy atom. The molecule has 3 rings (SSSR count). The molecular weight excluding hydrogens is 158 g/mol. The predicted octanol–water partition coefficient (Wildman–Crippen LogP) is 1.91. The van der Waals surface area contributed by atoms with Gasteiger partial charge in [0.1, 0.15) is 0 Å². The summed E-state index contributed by atoms with van der Waals surface area (Å²) in [5.41, 5.74) is 3.64. The van der Waals surface area contributed by atoms with Gasteiger partial charge in [0.2, 0.25) is 0 Å². The number of nitrogens with one attached hydrogen (secondary N) is 1. The van der Waals surface area contributed by atoms with Crippen molar-refractivity contribution in [3.63, 3.8) is 0 Å². The molecule has 68 valence electrons. The molecule has 0 atom stereocenters. The number of hydrogen-bond donors (Lipinski definition) is 1. The van der Waals surface area contributed by atoms with Crippen LogP contribution in [0.2, 0.25) is 0 Å². The van der Waals surface area contributed by atoms with E-state index in [1.165, 1.54) is 25.7 Å². The second-order valence-corrected chi connectivity index (χ2v) is 4.40. The normalized spacial score (nSPS) is 23.7. The molecule has 1 aliphatic carbocycles. The summed E-state index contributed by atoms with van der Waals surface area (Å²) >= 11 is 0. The van der Waals surface area contributed by atoms with Crippen LogP contribution in [0.1, 0.15) is 24.0 Å². The van der Waals surface area contributed by atoms with Crippen molar-refractivity contribution in [1.82, 2.24) is 5.32 Å². The highest BCUT2D eigenvalue weighted by Gasteiger charge is 2.43. The van der Waals surface area contributed by atoms with E-state index in [4.69, 9.17) is 0 Å².